The zero-order chi connectivity index (χ0) is 26.8. The van der Waals surface area contributed by atoms with E-state index in [-0.39, 0.29) is 41.2 Å². The van der Waals surface area contributed by atoms with Crippen LogP contribution >= 0.6 is 0 Å². The lowest BCUT2D eigenvalue weighted by Crippen LogP contribution is -2.45. The first-order valence-electron chi connectivity index (χ1n) is 11.0. The largest absolute Gasteiger partial charge is 0.433 e. The molecule has 0 bridgehead atoms. The number of hydrogen-bond acceptors (Lipinski definition) is 6. The van der Waals surface area contributed by atoms with E-state index in [0.29, 0.717) is 12.0 Å². The van der Waals surface area contributed by atoms with Gasteiger partial charge >= 0.3 is 6.18 Å². The van der Waals surface area contributed by atoms with Gasteiger partial charge in [-0.2, -0.15) is 22.7 Å². The van der Waals surface area contributed by atoms with Gasteiger partial charge in [-0.05, 0) is 60.9 Å². The Bertz CT molecular complexity index is 1450. The maximum absolute atomic E-state index is 13.2. The molecule has 13 heteroatoms. The molecular formula is C24H19F4N5O3S. The second kappa shape index (κ2) is 10.2. The van der Waals surface area contributed by atoms with Crippen molar-refractivity contribution in [1.82, 2.24) is 19.6 Å². The van der Waals surface area contributed by atoms with Crippen LogP contribution < -0.4 is 5.32 Å². The molecule has 1 saturated heterocycles. The molecule has 1 aromatic carbocycles. The molecule has 0 radical (unpaired) electrons. The van der Waals surface area contributed by atoms with Gasteiger partial charge in [-0.3, -0.25) is 14.8 Å². The molecule has 1 N–H and O–H groups in total. The maximum atomic E-state index is 13.2. The summed E-state index contributed by atoms with van der Waals surface area (Å²) in [4.78, 5) is 20.3. The average Bonchev–Trinajstić information content (AvgIpc) is 3.38. The predicted molar refractivity (Wildman–Crippen MR) is 122 cm³/mol. The van der Waals surface area contributed by atoms with Gasteiger partial charge in [-0.15, -0.1) is 0 Å². The second-order valence-corrected chi connectivity index (χ2v) is 10.1. The third-order valence-corrected chi connectivity index (χ3v) is 7.76. The van der Waals surface area contributed by atoms with Crippen LogP contribution in [0.25, 0.3) is 11.3 Å². The van der Waals surface area contributed by atoms with Crippen LogP contribution in [0.4, 0.5) is 17.6 Å². The summed E-state index contributed by atoms with van der Waals surface area (Å²) >= 11 is 0. The zero-order valence-electron chi connectivity index (χ0n) is 19.0. The molecule has 37 heavy (non-hydrogen) atoms. The van der Waals surface area contributed by atoms with Crippen molar-refractivity contribution in [3.05, 3.63) is 77.5 Å². The maximum Gasteiger partial charge on any atom is 0.433 e. The van der Waals surface area contributed by atoms with E-state index in [2.05, 4.69) is 15.3 Å². The third-order valence-electron chi connectivity index (χ3n) is 5.84. The molecular weight excluding hydrogens is 514 g/mol. The highest BCUT2D eigenvalue weighted by molar-refractivity contribution is 7.89. The Labute approximate surface area is 209 Å². The Morgan fingerprint density at radius 1 is 1.14 bits per heavy atom. The normalized spacial score (nSPS) is 16.4. The van der Waals surface area contributed by atoms with E-state index >= 15 is 0 Å². The fourth-order valence-electron chi connectivity index (χ4n) is 3.95. The molecule has 1 unspecified atom stereocenters. The van der Waals surface area contributed by atoms with E-state index < -0.39 is 39.7 Å². The van der Waals surface area contributed by atoms with Crippen LogP contribution in [0.2, 0.25) is 0 Å². The van der Waals surface area contributed by atoms with Crippen LogP contribution in [0.15, 0.2) is 59.8 Å². The molecule has 3 heterocycles. The number of benzene rings is 1. The fraction of sp³-hybridized carbons (Fsp3) is 0.250. The summed E-state index contributed by atoms with van der Waals surface area (Å²) in [6.45, 7) is -0.0339. The smallest absolute Gasteiger partial charge is 0.351 e. The minimum absolute atomic E-state index is 0.113. The fourth-order valence-corrected chi connectivity index (χ4v) is 5.60. The Morgan fingerprint density at radius 2 is 1.86 bits per heavy atom. The molecule has 1 aliphatic heterocycles. The van der Waals surface area contributed by atoms with Crippen molar-refractivity contribution in [2.75, 3.05) is 6.54 Å². The number of halogens is 4. The molecule has 2 aromatic heterocycles. The molecule has 192 valence electrons. The number of sulfonamides is 1. The molecule has 1 atom stereocenters. The number of nitrogens with zero attached hydrogens (tertiary/aromatic N) is 4. The summed E-state index contributed by atoms with van der Waals surface area (Å²) in [6.07, 6.45) is -1.63. The number of nitrogens with one attached hydrogen (secondary N) is 1. The summed E-state index contributed by atoms with van der Waals surface area (Å²) in [5, 5.41) is 12.1. The van der Waals surface area contributed by atoms with Gasteiger partial charge in [0.25, 0.3) is 0 Å². The van der Waals surface area contributed by atoms with Crippen molar-refractivity contribution in [2.45, 2.75) is 36.5 Å². The van der Waals surface area contributed by atoms with Gasteiger partial charge in [0.05, 0.1) is 16.2 Å². The summed E-state index contributed by atoms with van der Waals surface area (Å²) in [7, 11) is -4.05. The summed E-state index contributed by atoms with van der Waals surface area (Å²) in [6, 6.07) is 8.71. The zero-order valence-corrected chi connectivity index (χ0v) is 19.9. The summed E-state index contributed by atoms with van der Waals surface area (Å²) in [5.74, 6) is -1.17. The Morgan fingerprint density at radius 3 is 2.49 bits per heavy atom. The number of carbonyl (C=O) groups is 1. The number of rotatable bonds is 6. The first kappa shape index (κ1) is 26.2. The monoisotopic (exact) mass is 533 g/mol. The van der Waals surface area contributed by atoms with Crippen molar-refractivity contribution >= 4 is 15.9 Å². The number of hydrogen-bond donors (Lipinski definition) is 1. The minimum Gasteiger partial charge on any atom is -0.351 e. The van der Waals surface area contributed by atoms with Crippen LogP contribution in [0.5, 0.6) is 0 Å². The molecule has 0 spiro atoms. The van der Waals surface area contributed by atoms with E-state index in [4.69, 9.17) is 0 Å². The van der Waals surface area contributed by atoms with Gasteiger partial charge in [0.15, 0.2) is 0 Å². The topological polar surface area (TPSA) is 116 Å². The van der Waals surface area contributed by atoms with E-state index in [0.717, 1.165) is 40.8 Å². The standard InChI is InChI=1S/C24H19F4N5O3S/c25-18-4-6-19(7-5-18)37(35,36)33-9-1-2-21(33)23(34)32-13-16-10-20(30-14-17(16)11-29)15-3-8-22(31-12-15)24(26,27)28/h3-8,10,12,14,21H,1-2,9,13H2,(H,32,34). The molecule has 0 aliphatic carbocycles. The van der Waals surface area contributed by atoms with Gasteiger partial charge in [-0.25, -0.2) is 12.8 Å². The van der Waals surface area contributed by atoms with E-state index in [1.165, 1.54) is 18.3 Å². The number of aromatic nitrogens is 2. The Kier molecular flexibility index (Phi) is 7.24. The second-order valence-electron chi connectivity index (χ2n) is 8.21. The van der Waals surface area contributed by atoms with E-state index in [1.54, 1.807) is 0 Å². The highest BCUT2D eigenvalue weighted by Crippen LogP contribution is 2.29. The molecule has 0 saturated carbocycles. The van der Waals surface area contributed by atoms with Crippen LogP contribution in [0.3, 0.4) is 0 Å². The first-order valence-corrected chi connectivity index (χ1v) is 12.4. The predicted octanol–water partition coefficient (Wildman–Crippen LogP) is 3.64. The molecule has 1 aliphatic rings. The van der Waals surface area contributed by atoms with Gasteiger partial charge < -0.3 is 5.32 Å². The van der Waals surface area contributed by atoms with Crippen molar-refractivity contribution in [1.29, 1.82) is 5.26 Å². The third kappa shape index (κ3) is 5.60. The van der Waals surface area contributed by atoms with Crippen LogP contribution in [0, 0.1) is 17.1 Å². The average molecular weight is 534 g/mol. The van der Waals surface area contributed by atoms with Crippen molar-refractivity contribution in [3.63, 3.8) is 0 Å². The van der Waals surface area contributed by atoms with E-state index in [1.807, 2.05) is 6.07 Å². The highest BCUT2D eigenvalue weighted by atomic mass is 32.2. The van der Waals surface area contributed by atoms with Gasteiger partial charge in [0.2, 0.25) is 15.9 Å². The summed E-state index contributed by atoms with van der Waals surface area (Å²) < 4.78 is 78.7. The number of amides is 1. The number of alkyl halides is 3. The Balaban J connectivity index is 1.51. The molecule has 3 aromatic rings. The SMILES string of the molecule is N#Cc1cnc(-c2ccc(C(F)(F)F)nc2)cc1CNC(=O)C1CCCN1S(=O)(=O)c1ccc(F)cc1. The lowest BCUT2D eigenvalue weighted by Gasteiger charge is -2.23. The minimum atomic E-state index is -4.59. The van der Waals surface area contributed by atoms with Crippen LogP contribution in [-0.4, -0.2) is 41.2 Å². The molecule has 1 fully saturated rings. The molecule has 4 rings (SSSR count). The van der Waals surface area contributed by atoms with Crippen LogP contribution in [0.1, 0.15) is 29.7 Å². The van der Waals surface area contributed by atoms with Crippen molar-refractivity contribution in [3.8, 4) is 17.3 Å². The lowest BCUT2D eigenvalue weighted by molar-refractivity contribution is -0.141. The highest BCUT2D eigenvalue weighted by Gasteiger charge is 2.39. The number of carbonyl (C=O) groups excluding carboxylic acids is 1. The van der Waals surface area contributed by atoms with Gasteiger partial charge in [0.1, 0.15) is 23.6 Å². The first-order chi connectivity index (χ1) is 17.5. The lowest BCUT2D eigenvalue weighted by atomic mass is 10.1. The number of pyridine rings is 2. The van der Waals surface area contributed by atoms with Gasteiger partial charge in [-0.1, -0.05) is 0 Å². The van der Waals surface area contributed by atoms with Gasteiger partial charge in [0, 0.05) is 31.0 Å². The molecule has 1 amide bonds. The molecule has 8 nitrogen and oxygen atoms in total. The Hall–Kier alpha value is -3.89. The van der Waals surface area contributed by atoms with Crippen molar-refractivity contribution < 1.29 is 30.8 Å². The summed E-state index contributed by atoms with van der Waals surface area (Å²) in [5.41, 5.74) is -0.0739. The quantitative estimate of drug-likeness (QED) is 0.484. The number of nitriles is 1. The van der Waals surface area contributed by atoms with Crippen LogP contribution in [-0.2, 0) is 27.5 Å². The van der Waals surface area contributed by atoms with Crippen molar-refractivity contribution in [2.24, 2.45) is 0 Å². The van der Waals surface area contributed by atoms with E-state index in [9.17, 15) is 36.0 Å².